The first-order valence-electron chi connectivity index (χ1n) is 16.3. The van der Waals surface area contributed by atoms with Crippen LogP contribution in [-0.4, -0.2) is 61.4 Å². The Labute approximate surface area is 282 Å². The van der Waals surface area contributed by atoms with E-state index in [-0.39, 0.29) is 36.6 Å². The van der Waals surface area contributed by atoms with E-state index in [2.05, 4.69) is 38.7 Å². The Kier molecular flexibility index (Phi) is 9.71. The second-order valence-corrected chi connectivity index (χ2v) is 14.5. The van der Waals surface area contributed by atoms with Gasteiger partial charge in [-0.05, 0) is 63.6 Å². The van der Waals surface area contributed by atoms with Crippen molar-refractivity contribution in [3.8, 4) is 16.9 Å². The fourth-order valence-corrected chi connectivity index (χ4v) is 6.66. The van der Waals surface area contributed by atoms with Crippen LogP contribution >= 0.6 is 11.6 Å². The van der Waals surface area contributed by atoms with Gasteiger partial charge < -0.3 is 19.6 Å². The van der Waals surface area contributed by atoms with Gasteiger partial charge in [-0.3, -0.25) is 0 Å². The highest BCUT2D eigenvalue weighted by atomic mass is 35.5. The van der Waals surface area contributed by atoms with E-state index in [1.807, 2.05) is 77.1 Å². The van der Waals surface area contributed by atoms with E-state index in [0.29, 0.717) is 51.9 Å². The third-order valence-electron chi connectivity index (χ3n) is 8.69. The van der Waals surface area contributed by atoms with Crippen molar-refractivity contribution < 1.29 is 14.6 Å². The van der Waals surface area contributed by atoms with Gasteiger partial charge in [-0.1, -0.05) is 81.8 Å². The number of halogens is 1. The third-order valence-corrected chi connectivity index (χ3v) is 8.98. The number of carbonyl (C=O) groups excluding carboxylic acids is 1. The molecule has 1 saturated heterocycles. The number of anilines is 1. The number of aromatic nitrogens is 3. The van der Waals surface area contributed by atoms with Gasteiger partial charge in [-0.2, -0.15) is 4.98 Å². The van der Waals surface area contributed by atoms with Gasteiger partial charge >= 0.3 is 11.8 Å². The lowest BCUT2D eigenvalue weighted by Gasteiger charge is -2.44. The number of rotatable bonds is 6. The van der Waals surface area contributed by atoms with Crippen LogP contribution in [0.25, 0.3) is 28.0 Å². The maximum absolute atomic E-state index is 14.4. The minimum absolute atomic E-state index is 0.0494. The van der Waals surface area contributed by atoms with Gasteiger partial charge in [-0.25, -0.2) is 19.1 Å². The topological polar surface area (TPSA) is 101 Å². The summed E-state index contributed by atoms with van der Waals surface area (Å²) in [4.78, 5) is 41.1. The van der Waals surface area contributed by atoms with Crippen molar-refractivity contribution >= 4 is 34.5 Å². The Morgan fingerprint density at radius 3 is 2.28 bits per heavy atom. The molecular weight excluding hydrogens is 614 g/mol. The Bertz CT molecular complexity index is 1860. The Morgan fingerprint density at radius 2 is 1.64 bits per heavy atom. The highest BCUT2D eigenvalue weighted by Gasteiger charge is 2.36. The second kappa shape index (κ2) is 13.3. The van der Waals surface area contributed by atoms with Gasteiger partial charge in [0.05, 0.1) is 28.4 Å². The summed E-state index contributed by atoms with van der Waals surface area (Å²) in [5, 5.41) is 11.5. The number of ether oxygens (including phenoxy) is 1. The van der Waals surface area contributed by atoms with Gasteiger partial charge in [0.1, 0.15) is 11.4 Å². The number of para-hydroxylation sites is 1. The van der Waals surface area contributed by atoms with E-state index in [1.165, 1.54) is 4.57 Å². The zero-order chi connectivity index (χ0) is 34.4. The molecule has 250 valence electrons. The molecule has 0 unspecified atom stereocenters. The van der Waals surface area contributed by atoms with Gasteiger partial charge in [-0.15, -0.1) is 0 Å². The molecule has 0 radical (unpaired) electrons. The molecule has 5 rings (SSSR count). The fraction of sp³-hybridized carbons (Fsp3) is 0.459. The van der Waals surface area contributed by atoms with Crippen LogP contribution in [0.5, 0.6) is 0 Å². The molecule has 4 aromatic rings. The molecule has 1 fully saturated rings. The monoisotopic (exact) mass is 659 g/mol. The van der Waals surface area contributed by atoms with Crippen LogP contribution in [0.2, 0.25) is 5.02 Å². The average molecular weight is 660 g/mol. The zero-order valence-corrected chi connectivity index (χ0v) is 29.6. The van der Waals surface area contributed by atoms with Gasteiger partial charge in [0, 0.05) is 36.3 Å². The van der Waals surface area contributed by atoms with Crippen molar-refractivity contribution in [3.63, 3.8) is 0 Å². The van der Waals surface area contributed by atoms with Crippen LogP contribution in [0.1, 0.15) is 90.8 Å². The summed E-state index contributed by atoms with van der Waals surface area (Å²) < 4.78 is 7.22. The lowest BCUT2D eigenvalue weighted by Crippen LogP contribution is -2.59. The van der Waals surface area contributed by atoms with E-state index >= 15 is 0 Å². The number of carbonyl (C=O) groups is 1. The summed E-state index contributed by atoms with van der Waals surface area (Å²) >= 11 is 7.09. The largest absolute Gasteiger partial charge is 0.444 e. The van der Waals surface area contributed by atoms with Crippen LogP contribution in [0.4, 0.5) is 10.6 Å². The molecule has 1 amide bonds. The van der Waals surface area contributed by atoms with Crippen molar-refractivity contribution in [1.29, 1.82) is 0 Å². The van der Waals surface area contributed by atoms with Crippen molar-refractivity contribution in [2.24, 2.45) is 0 Å². The predicted octanol–water partition coefficient (Wildman–Crippen LogP) is 7.67. The maximum Gasteiger partial charge on any atom is 0.410 e. The van der Waals surface area contributed by atoms with Crippen LogP contribution in [0.3, 0.4) is 0 Å². The number of piperazine rings is 1. The normalized spacial score (nSPS) is 17.2. The van der Waals surface area contributed by atoms with Gasteiger partial charge in [0.25, 0.3) is 0 Å². The number of amides is 1. The first-order chi connectivity index (χ1) is 22.1. The van der Waals surface area contributed by atoms with E-state index in [4.69, 9.17) is 26.3 Å². The van der Waals surface area contributed by atoms with E-state index in [1.54, 1.807) is 4.90 Å². The highest BCUT2D eigenvalue weighted by Crippen LogP contribution is 2.38. The van der Waals surface area contributed by atoms with E-state index < -0.39 is 11.3 Å². The second-order valence-electron chi connectivity index (χ2n) is 14.1. The quantitative estimate of drug-likeness (QED) is 0.227. The number of hydrogen-bond acceptors (Lipinski definition) is 7. The average Bonchev–Trinajstić information content (AvgIpc) is 3.00. The number of fused-ring (bicyclic) bond motifs is 1. The molecule has 2 atom stereocenters. The standard InChI is InChI=1S/C37H46ClN5O4/c1-21(2)26-14-10-11-15-28(26)31-30(38)17-29-33(41-18-24(6)42(19-23(41)5)36(46)47-37(7,8)9)40-35(45)43(34(29)39-31)32-25(20-44)13-12-16-27(32)22(3)4/h10-17,21-24,44H,18-20H2,1-9H3/t23-,24+/m0/s1. The van der Waals surface area contributed by atoms with Crippen molar-refractivity contribution in [2.45, 2.75) is 98.4 Å². The molecule has 2 aromatic heterocycles. The molecular formula is C37H46ClN5O4. The number of nitrogens with zero attached hydrogens (tertiary/aromatic N) is 5. The van der Waals surface area contributed by atoms with Crippen LogP contribution in [-0.2, 0) is 11.3 Å². The number of benzene rings is 2. The first kappa shape index (κ1) is 34.4. The highest BCUT2D eigenvalue weighted by molar-refractivity contribution is 6.34. The smallest absolute Gasteiger partial charge is 0.410 e. The molecule has 10 heteroatoms. The summed E-state index contributed by atoms with van der Waals surface area (Å²) in [6.07, 6.45) is -0.371. The summed E-state index contributed by atoms with van der Waals surface area (Å²) in [5.74, 6) is 0.713. The lowest BCUT2D eigenvalue weighted by molar-refractivity contribution is 0.0130. The molecule has 0 bridgehead atoms. The SMILES string of the molecule is CC(C)c1ccccc1-c1nc2c(cc1Cl)c(N1C[C@@H](C)N(C(=O)OC(C)(C)C)C[C@@H]1C)nc(=O)n2-c1c(CO)cccc1C(C)C. The van der Waals surface area contributed by atoms with Crippen LogP contribution in [0.15, 0.2) is 53.3 Å². The van der Waals surface area contributed by atoms with E-state index in [9.17, 15) is 14.7 Å². The Balaban J connectivity index is 1.78. The number of pyridine rings is 1. The van der Waals surface area contributed by atoms with E-state index in [0.717, 1.165) is 16.7 Å². The van der Waals surface area contributed by atoms with Crippen molar-refractivity contribution in [3.05, 3.63) is 80.7 Å². The summed E-state index contributed by atoms with van der Waals surface area (Å²) in [5.41, 5.74) is 3.88. The number of hydrogen-bond donors (Lipinski definition) is 1. The predicted molar refractivity (Wildman–Crippen MR) is 189 cm³/mol. The molecule has 0 aliphatic carbocycles. The molecule has 3 heterocycles. The van der Waals surface area contributed by atoms with Crippen molar-refractivity contribution in [2.75, 3.05) is 18.0 Å². The maximum atomic E-state index is 14.4. The Morgan fingerprint density at radius 1 is 0.979 bits per heavy atom. The Hall–Kier alpha value is -3.95. The zero-order valence-electron chi connectivity index (χ0n) is 28.8. The third kappa shape index (κ3) is 6.74. The fourth-order valence-electron chi connectivity index (χ4n) is 6.41. The van der Waals surface area contributed by atoms with Crippen LogP contribution < -0.4 is 10.6 Å². The lowest BCUT2D eigenvalue weighted by atomic mass is 9.95. The molecule has 47 heavy (non-hydrogen) atoms. The van der Waals surface area contributed by atoms with Crippen molar-refractivity contribution in [1.82, 2.24) is 19.4 Å². The number of aliphatic hydroxyl groups is 1. The van der Waals surface area contributed by atoms with Crippen LogP contribution in [0, 0.1) is 0 Å². The molecule has 0 spiro atoms. The molecule has 9 nitrogen and oxygen atoms in total. The first-order valence-corrected chi connectivity index (χ1v) is 16.7. The molecule has 1 aliphatic rings. The summed E-state index contributed by atoms with van der Waals surface area (Å²) in [6, 6.07) is 15.1. The van der Waals surface area contributed by atoms with Gasteiger partial charge in [0.2, 0.25) is 0 Å². The molecule has 1 aliphatic heterocycles. The molecule has 2 aromatic carbocycles. The minimum Gasteiger partial charge on any atom is -0.444 e. The molecule has 0 saturated carbocycles. The molecule has 1 N–H and O–H groups in total. The minimum atomic E-state index is -0.618. The summed E-state index contributed by atoms with van der Waals surface area (Å²) in [7, 11) is 0. The summed E-state index contributed by atoms with van der Waals surface area (Å²) in [6.45, 7) is 18.4. The van der Waals surface area contributed by atoms with Gasteiger partial charge in [0.15, 0.2) is 5.65 Å². The number of aliphatic hydroxyl groups excluding tert-OH is 1.